The van der Waals surface area contributed by atoms with Crippen molar-refractivity contribution in [3.8, 4) is 0 Å². The summed E-state index contributed by atoms with van der Waals surface area (Å²) in [7, 11) is 0. The molecule has 0 aliphatic rings. The number of nitrogens with zero attached hydrogens (tertiary/aromatic N) is 2. The molecule has 0 atom stereocenters. The van der Waals surface area contributed by atoms with Crippen LogP contribution in [0.3, 0.4) is 0 Å². The molecule has 4 nitrogen and oxygen atoms in total. The molecule has 0 aliphatic carbocycles. The van der Waals surface area contributed by atoms with Gasteiger partial charge >= 0.3 is 0 Å². The molecule has 0 bridgehead atoms. The van der Waals surface area contributed by atoms with Gasteiger partial charge in [0.15, 0.2) is 0 Å². The average Bonchev–Trinajstić information content (AvgIpc) is 2.49. The summed E-state index contributed by atoms with van der Waals surface area (Å²) in [6.45, 7) is 1.16. The fourth-order valence-electron chi connectivity index (χ4n) is 1.85. The maximum Gasteiger partial charge on any atom is 0.259 e. The van der Waals surface area contributed by atoms with Gasteiger partial charge < -0.3 is 10.6 Å². The molecular formula is C15H17N3O. The van der Waals surface area contributed by atoms with Gasteiger partial charge in [-0.1, -0.05) is 18.2 Å². The predicted molar refractivity (Wildman–Crippen MR) is 76.0 cm³/mol. The van der Waals surface area contributed by atoms with Gasteiger partial charge in [0, 0.05) is 24.6 Å². The number of hydrogen-bond acceptors (Lipinski definition) is 3. The third-order valence-electron chi connectivity index (χ3n) is 2.81. The fraction of sp³-hybridized carbons (Fsp3) is 0.200. The van der Waals surface area contributed by atoms with Gasteiger partial charge in [-0.05, 0) is 37.2 Å². The van der Waals surface area contributed by atoms with E-state index in [-0.39, 0.29) is 5.91 Å². The van der Waals surface area contributed by atoms with Crippen LogP contribution >= 0.6 is 0 Å². The smallest absolute Gasteiger partial charge is 0.259 e. The summed E-state index contributed by atoms with van der Waals surface area (Å²) in [5, 5.41) is 0. The maximum absolute atomic E-state index is 12.5. The highest BCUT2D eigenvalue weighted by Gasteiger charge is 2.16. The van der Waals surface area contributed by atoms with Gasteiger partial charge in [0.25, 0.3) is 5.91 Å². The van der Waals surface area contributed by atoms with E-state index in [2.05, 4.69) is 4.98 Å². The number of para-hydroxylation sites is 1. The lowest BCUT2D eigenvalue weighted by Crippen LogP contribution is -2.33. The van der Waals surface area contributed by atoms with Crippen LogP contribution in [0.15, 0.2) is 54.9 Å². The first-order valence-electron chi connectivity index (χ1n) is 6.30. The van der Waals surface area contributed by atoms with Crippen molar-refractivity contribution in [1.82, 2.24) is 4.98 Å². The molecular weight excluding hydrogens is 238 g/mol. The Morgan fingerprint density at radius 1 is 1.16 bits per heavy atom. The lowest BCUT2D eigenvalue weighted by atomic mass is 10.2. The second kappa shape index (κ2) is 6.66. The number of anilines is 1. The summed E-state index contributed by atoms with van der Waals surface area (Å²) in [5.41, 5.74) is 7.01. The third kappa shape index (κ3) is 3.39. The first-order chi connectivity index (χ1) is 9.33. The highest BCUT2D eigenvalue weighted by atomic mass is 16.2. The SMILES string of the molecule is NCCCN(C(=O)c1cccnc1)c1ccccc1. The average molecular weight is 255 g/mol. The molecule has 0 spiro atoms. The van der Waals surface area contributed by atoms with E-state index in [0.29, 0.717) is 18.7 Å². The highest BCUT2D eigenvalue weighted by Crippen LogP contribution is 2.16. The number of pyridine rings is 1. The van der Waals surface area contributed by atoms with Crippen LogP contribution in [0.5, 0.6) is 0 Å². The van der Waals surface area contributed by atoms with E-state index < -0.39 is 0 Å². The molecule has 1 aromatic heterocycles. The molecule has 0 saturated carbocycles. The fourth-order valence-corrected chi connectivity index (χ4v) is 1.85. The summed E-state index contributed by atoms with van der Waals surface area (Å²) in [5.74, 6) is -0.0484. The molecule has 19 heavy (non-hydrogen) atoms. The van der Waals surface area contributed by atoms with E-state index in [9.17, 15) is 4.79 Å². The molecule has 0 saturated heterocycles. The molecule has 0 fully saturated rings. The van der Waals surface area contributed by atoms with Crippen LogP contribution < -0.4 is 10.6 Å². The van der Waals surface area contributed by atoms with Gasteiger partial charge in [-0.15, -0.1) is 0 Å². The second-order valence-corrected chi connectivity index (χ2v) is 4.18. The van der Waals surface area contributed by atoms with Gasteiger partial charge in [0.2, 0.25) is 0 Å². The standard InChI is InChI=1S/C15H17N3O/c16-9-5-11-18(14-7-2-1-3-8-14)15(19)13-6-4-10-17-12-13/h1-4,6-8,10,12H,5,9,11,16H2. The minimum atomic E-state index is -0.0484. The van der Waals surface area contributed by atoms with E-state index >= 15 is 0 Å². The van der Waals surface area contributed by atoms with Gasteiger partial charge in [0.05, 0.1) is 5.56 Å². The Balaban J connectivity index is 2.25. The molecule has 0 unspecified atom stereocenters. The van der Waals surface area contributed by atoms with Crippen molar-refractivity contribution in [2.45, 2.75) is 6.42 Å². The topological polar surface area (TPSA) is 59.2 Å². The number of amides is 1. The molecule has 1 heterocycles. The van der Waals surface area contributed by atoms with Gasteiger partial charge in [-0.25, -0.2) is 0 Å². The zero-order valence-electron chi connectivity index (χ0n) is 10.7. The molecule has 1 aromatic carbocycles. The Morgan fingerprint density at radius 2 is 1.95 bits per heavy atom. The molecule has 0 aliphatic heterocycles. The number of hydrogen-bond donors (Lipinski definition) is 1. The normalized spacial score (nSPS) is 10.2. The van der Waals surface area contributed by atoms with Gasteiger partial charge in [-0.3, -0.25) is 9.78 Å². The summed E-state index contributed by atoms with van der Waals surface area (Å²) in [4.78, 5) is 18.2. The molecule has 4 heteroatoms. The monoisotopic (exact) mass is 255 g/mol. The van der Waals surface area contributed by atoms with Crippen molar-refractivity contribution < 1.29 is 4.79 Å². The van der Waals surface area contributed by atoms with E-state index in [1.807, 2.05) is 30.3 Å². The number of carbonyl (C=O) groups is 1. The second-order valence-electron chi connectivity index (χ2n) is 4.18. The zero-order valence-corrected chi connectivity index (χ0v) is 10.7. The number of carbonyl (C=O) groups excluding carboxylic acids is 1. The van der Waals surface area contributed by atoms with Crippen LogP contribution in [-0.2, 0) is 0 Å². The number of nitrogens with two attached hydrogens (primary N) is 1. The van der Waals surface area contributed by atoms with Crippen LogP contribution in [-0.4, -0.2) is 24.0 Å². The lowest BCUT2D eigenvalue weighted by Gasteiger charge is -2.22. The summed E-state index contributed by atoms with van der Waals surface area (Å²) in [6, 6.07) is 13.1. The molecule has 98 valence electrons. The van der Waals surface area contributed by atoms with Crippen LogP contribution in [0.1, 0.15) is 16.8 Å². The number of benzene rings is 1. The molecule has 2 N–H and O–H groups in total. The number of aromatic nitrogens is 1. The first kappa shape index (κ1) is 13.2. The molecule has 0 radical (unpaired) electrons. The van der Waals surface area contributed by atoms with Crippen molar-refractivity contribution in [1.29, 1.82) is 0 Å². The Bertz CT molecular complexity index is 513. The summed E-state index contributed by atoms with van der Waals surface area (Å²) < 4.78 is 0. The molecule has 2 aromatic rings. The minimum absolute atomic E-state index is 0.0484. The zero-order chi connectivity index (χ0) is 13.5. The van der Waals surface area contributed by atoms with Crippen molar-refractivity contribution in [2.75, 3.05) is 18.0 Å². The predicted octanol–water partition coefficient (Wildman–Crippen LogP) is 2.08. The Morgan fingerprint density at radius 3 is 2.58 bits per heavy atom. The highest BCUT2D eigenvalue weighted by molar-refractivity contribution is 6.05. The van der Waals surface area contributed by atoms with E-state index in [0.717, 1.165) is 12.1 Å². The van der Waals surface area contributed by atoms with Gasteiger partial charge in [0.1, 0.15) is 0 Å². The summed E-state index contributed by atoms with van der Waals surface area (Å²) >= 11 is 0. The molecule has 1 amide bonds. The largest absolute Gasteiger partial charge is 0.330 e. The number of rotatable bonds is 5. The van der Waals surface area contributed by atoms with Crippen molar-refractivity contribution in [2.24, 2.45) is 5.73 Å². The Hall–Kier alpha value is -2.20. The minimum Gasteiger partial charge on any atom is -0.330 e. The van der Waals surface area contributed by atoms with Crippen LogP contribution in [0.4, 0.5) is 5.69 Å². The quantitative estimate of drug-likeness (QED) is 0.889. The third-order valence-corrected chi connectivity index (χ3v) is 2.81. The first-order valence-corrected chi connectivity index (χ1v) is 6.30. The summed E-state index contributed by atoms with van der Waals surface area (Å²) in [6.07, 6.45) is 4.01. The van der Waals surface area contributed by atoms with Crippen LogP contribution in [0.25, 0.3) is 0 Å². The van der Waals surface area contributed by atoms with Crippen molar-refractivity contribution >= 4 is 11.6 Å². The van der Waals surface area contributed by atoms with Gasteiger partial charge in [-0.2, -0.15) is 0 Å². The van der Waals surface area contributed by atoms with E-state index in [1.54, 1.807) is 29.4 Å². The lowest BCUT2D eigenvalue weighted by molar-refractivity contribution is 0.0986. The molecule has 2 rings (SSSR count). The van der Waals surface area contributed by atoms with Crippen LogP contribution in [0, 0.1) is 0 Å². The Kier molecular flexibility index (Phi) is 4.64. The van der Waals surface area contributed by atoms with E-state index in [1.165, 1.54) is 0 Å². The maximum atomic E-state index is 12.5. The van der Waals surface area contributed by atoms with Crippen molar-refractivity contribution in [3.05, 3.63) is 60.4 Å². The van der Waals surface area contributed by atoms with Crippen LogP contribution in [0.2, 0.25) is 0 Å². The van der Waals surface area contributed by atoms with E-state index in [4.69, 9.17) is 5.73 Å². The Labute approximate surface area is 112 Å². The van der Waals surface area contributed by atoms with Crippen molar-refractivity contribution in [3.63, 3.8) is 0 Å².